The third kappa shape index (κ3) is 3.17. The summed E-state index contributed by atoms with van der Waals surface area (Å²) in [6.07, 6.45) is -0.779. The summed E-state index contributed by atoms with van der Waals surface area (Å²) in [4.78, 5) is 0. The van der Waals surface area contributed by atoms with E-state index in [4.69, 9.17) is 16.3 Å². The summed E-state index contributed by atoms with van der Waals surface area (Å²) in [5.41, 5.74) is 3.70. The number of aryl methyl sites for hydroxylation is 2. The van der Waals surface area contributed by atoms with E-state index in [2.05, 4.69) is 22.0 Å². The maximum atomic E-state index is 10.6. The van der Waals surface area contributed by atoms with Crippen molar-refractivity contribution in [3.05, 3.63) is 62.1 Å². The van der Waals surface area contributed by atoms with Crippen molar-refractivity contribution >= 4 is 27.5 Å². The minimum absolute atomic E-state index is 0.552. The Hall–Kier alpha value is -1.03. The van der Waals surface area contributed by atoms with Gasteiger partial charge < -0.3 is 9.84 Å². The number of ether oxygens (including phenoxy) is 1. The highest BCUT2D eigenvalue weighted by molar-refractivity contribution is 9.10. The van der Waals surface area contributed by atoms with Crippen molar-refractivity contribution in [2.45, 2.75) is 20.0 Å². The van der Waals surface area contributed by atoms with E-state index in [1.807, 2.05) is 26.0 Å². The molecule has 0 saturated heterocycles. The van der Waals surface area contributed by atoms with E-state index in [0.717, 1.165) is 21.2 Å². The SMILES string of the molecule is COc1c(Br)cc(Cl)cc1C(O)c1cc(C)cc(C)c1. The van der Waals surface area contributed by atoms with Crippen LogP contribution in [0.4, 0.5) is 0 Å². The van der Waals surface area contributed by atoms with Crippen molar-refractivity contribution in [1.29, 1.82) is 0 Å². The Bertz CT molecular complexity index is 620. The Labute approximate surface area is 132 Å². The smallest absolute Gasteiger partial charge is 0.139 e. The second kappa shape index (κ2) is 6.17. The number of aliphatic hydroxyl groups excluding tert-OH is 1. The molecule has 0 fully saturated rings. The van der Waals surface area contributed by atoms with Gasteiger partial charge in [-0.1, -0.05) is 40.9 Å². The van der Waals surface area contributed by atoms with E-state index in [-0.39, 0.29) is 0 Å². The van der Waals surface area contributed by atoms with Crippen molar-refractivity contribution in [2.75, 3.05) is 7.11 Å². The lowest BCUT2D eigenvalue weighted by molar-refractivity contribution is 0.214. The molecule has 2 aromatic rings. The predicted octanol–water partition coefficient (Wildman–Crippen LogP) is 4.81. The average Bonchev–Trinajstić information content (AvgIpc) is 2.35. The van der Waals surface area contributed by atoms with Gasteiger partial charge in [0.05, 0.1) is 11.6 Å². The molecule has 2 rings (SSSR count). The normalized spacial score (nSPS) is 12.3. The van der Waals surface area contributed by atoms with Crippen molar-refractivity contribution in [1.82, 2.24) is 0 Å². The largest absolute Gasteiger partial charge is 0.495 e. The van der Waals surface area contributed by atoms with Crippen LogP contribution in [-0.4, -0.2) is 12.2 Å². The van der Waals surface area contributed by atoms with Gasteiger partial charge in [0.25, 0.3) is 0 Å². The topological polar surface area (TPSA) is 29.5 Å². The molecule has 20 heavy (non-hydrogen) atoms. The molecule has 0 aliphatic carbocycles. The minimum atomic E-state index is -0.779. The summed E-state index contributed by atoms with van der Waals surface area (Å²) in [5.74, 6) is 0.598. The monoisotopic (exact) mass is 354 g/mol. The molecule has 0 aliphatic heterocycles. The number of benzene rings is 2. The standard InChI is InChI=1S/C16H16BrClO2/c1-9-4-10(2)6-11(5-9)15(19)13-7-12(18)8-14(17)16(13)20-3/h4-8,15,19H,1-3H3. The van der Waals surface area contributed by atoms with Crippen LogP contribution in [0.2, 0.25) is 5.02 Å². The minimum Gasteiger partial charge on any atom is -0.495 e. The molecule has 106 valence electrons. The van der Waals surface area contributed by atoms with Crippen molar-refractivity contribution in [2.24, 2.45) is 0 Å². The quantitative estimate of drug-likeness (QED) is 0.856. The number of halogens is 2. The molecule has 0 amide bonds. The number of hydrogen-bond acceptors (Lipinski definition) is 2. The first-order valence-electron chi connectivity index (χ1n) is 6.21. The highest BCUT2D eigenvalue weighted by Gasteiger charge is 2.19. The fourth-order valence-corrected chi connectivity index (χ4v) is 3.34. The fourth-order valence-electron chi connectivity index (χ4n) is 2.35. The Morgan fingerprint density at radius 2 is 1.70 bits per heavy atom. The first-order valence-corrected chi connectivity index (χ1v) is 7.38. The zero-order chi connectivity index (χ0) is 14.9. The van der Waals surface area contributed by atoms with Crippen molar-refractivity contribution in [3.8, 4) is 5.75 Å². The van der Waals surface area contributed by atoms with Crippen LogP contribution in [0.5, 0.6) is 5.75 Å². The van der Waals surface area contributed by atoms with Crippen LogP contribution in [-0.2, 0) is 0 Å². The maximum Gasteiger partial charge on any atom is 0.139 e. The van der Waals surface area contributed by atoms with Gasteiger partial charge in [-0.3, -0.25) is 0 Å². The lowest BCUT2D eigenvalue weighted by Crippen LogP contribution is -2.04. The molecule has 0 bridgehead atoms. The summed E-state index contributed by atoms with van der Waals surface area (Å²) in [5, 5.41) is 11.2. The zero-order valence-electron chi connectivity index (χ0n) is 11.6. The highest BCUT2D eigenvalue weighted by atomic mass is 79.9. The van der Waals surface area contributed by atoms with Gasteiger partial charge in [0.1, 0.15) is 11.9 Å². The number of hydrogen-bond donors (Lipinski definition) is 1. The van der Waals surface area contributed by atoms with E-state index in [1.165, 1.54) is 0 Å². The maximum absolute atomic E-state index is 10.6. The van der Waals surface area contributed by atoms with Gasteiger partial charge in [0, 0.05) is 10.6 Å². The third-order valence-electron chi connectivity index (χ3n) is 3.10. The van der Waals surface area contributed by atoms with Gasteiger partial charge in [-0.25, -0.2) is 0 Å². The Morgan fingerprint density at radius 3 is 2.25 bits per heavy atom. The number of aliphatic hydroxyl groups is 1. The molecular formula is C16H16BrClO2. The molecule has 2 nitrogen and oxygen atoms in total. The molecule has 2 aromatic carbocycles. The molecule has 1 unspecified atom stereocenters. The van der Waals surface area contributed by atoms with E-state index in [0.29, 0.717) is 16.3 Å². The fraction of sp³-hybridized carbons (Fsp3) is 0.250. The van der Waals surface area contributed by atoms with Gasteiger partial charge >= 0.3 is 0 Å². The summed E-state index contributed by atoms with van der Waals surface area (Å²) >= 11 is 9.48. The second-order valence-electron chi connectivity index (χ2n) is 4.83. The van der Waals surface area contributed by atoms with Crippen molar-refractivity contribution in [3.63, 3.8) is 0 Å². The van der Waals surface area contributed by atoms with Gasteiger partial charge in [0.15, 0.2) is 0 Å². The van der Waals surface area contributed by atoms with Crippen LogP contribution in [0.1, 0.15) is 28.4 Å². The molecule has 0 aromatic heterocycles. The van der Waals surface area contributed by atoms with Crippen molar-refractivity contribution < 1.29 is 9.84 Å². The third-order valence-corrected chi connectivity index (χ3v) is 3.90. The van der Waals surface area contributed by atoms with E-state index in [9.17, 15) is 5.11 Å². The zero-order valence-corrected chi connectivity index (χ0v) is 13.9. The first-order chi connectivity index (χ1) is 9.42. The molecule has 0 aliphatic rings. The molecule has 0 heterocycles. The average molecular weight is 356 g/mol. The summed E-state index contributed by atoms with van der Waals surface area (Å²) < 4.78 is 6.10. The van der Waals surface area contributed by atoms with Crippen LogP contribution in [0, 0.1) is 13.8 Å². The molecule has 1 atom stereocenters. The van der Waals surface area contributed by atoms with Crippen LogP contribution in [0.3, 0.4) is 0 Å². The lowest BCUT2D eigenvalue weighted by Gasteiger charge is -2.18. The lowest BCUT2D eigenvalue weighted by atomic mass is 9.97. The predicted molar refractivity (Wildman–Crippen MR) is 85.7 cm³/mol. The molecule has 0 radical (unpaired) electrons. The van der Waals surface area contributed by atoms with Crippen LogP contribution >= 0.6 is 27.5 Å². The molecule has 4 heteroatoms. The molecule has 1 N–H and O–H groups in total. The summed E-state index contributed by atoms with van der Waals surface area (Å²) in [6.45, 7) is 4.02. The number of methoxy groups -OCH3 is 1. The molecule has 0 spiro atoms. The van der Waals surface area contributed by atoms with Gasteiger partial charge in [-0.05, 0) is 47.5 Å². The van der Waals surface area contributed by atoms with E-state index < -0.39 is 6.10 Å². The number of rotatable bonds is 3. The molecule has 0 saturated carbocycles. The van der Waals surface area contributed by atoms with Gasteiger partial charge in [-0.15, -0.1) is 0 Å². The van der Waals surface area contributed by atoms with E-state index in [1.54, 1.807) is 19.2 Å². The molecular weight excluding hydrogens is 340 g/mol. The van der Waals surface area contributed by atoms with Crippen LogP contribution in [0.25, 0.3) is 0 Å². The van der Waals surface area contributed by atoms with Gasteiger partial charge in [0.2, 0.25) is 0 Å². The highest BCUT2D eigenvalue weighted by Crippen LogP contribution is 2.38. The van der Waals surface area contributed by atoms with Crippen LogP contribution < -0.4 is 4.74 Å². The van der Waals surface area contributed by atoms with Crippen LogP contribution in [0.15, 0.2) is 34.8 Å². The Morgan fingerprint density at radius 1 is 1.10 bits per heavy atom. The van der Waals surface area contributed by atoms with Gasteiger partial charge in [-0.2, -0.15) is 0 Å². The Kier molecular flexibility index (Phi) is 4.74. The Balaban J connectivity index is 2.55. The first kappa shape index (κ1) is 15.4. The summed E-state index contributed by atoms with van der Waals surface area (Å²) in [7, 11) is 1.58. The van der Waals surface area contributed by atoms with E-state index >= 15 is 0 Å². The summed E-state index contributed by atoms with van der Waals surface area (Å²) in [6, 6.07) is 9.48. The second-order valence-corrected chi connectivity index (χ2v) is 6.12.